The topological polar surface area (TPSA) is 78.9 Å². The molecule has 6 heteroatoms. The fraction of sp³-hybridized carbons (Fsp3) is 0.816. The SMILES string of the molecule is CCCCCC/C=C\CCCC(=O)OCC(COC(=O)CCCCCCCCC/C=C\CCCCCCCCCC)OC(=O)CCC/C=C\CCCCCC. The molecule has 55 heavy (non-hydrogen) atoms. The molecule has 0 aromatic rings. The van der Waals surface area contributed by atoms with Gasteiger partial charge < -0.3 is 14.2 Å². The van der Waals surface area contributed by atoms with Crippen molar-refractivity contribution in [2.24, 2.45) is 0 Å². The zero-order valence-corrected chi connectivity index (χ0v) is 36.4. The van der Waals surface area contributed by atoms with E-state index in [1.807, 2.05) is 0 Å². The fourth-order valence-corrected chi connectivity index (χ4v) is 6.50. The highest BCUT2D eigenvalue weighted by Crippen LogP contribution is 2.13. The van der Waals surface area contributed by atoms with Crippen molar-refractivity contribution in [1.29, 1.82) is 0 Å². The van der Waals surface area contributed by atoms with Gasteiger partial charge in [-0.25, -0.2) is 0 Å². The van der Waals surface area contributed by atoms with Crippen molar-refractivity contribution in [3.8, 4) is 0 Å². The van der Waals surface area contributed by atoms with Gasteiger partial charge in [-0.1, -0.05) is 173 Å². The molecule has 0 aliphatic heterocycles. The third-order valence-electron chi connectivity index (χ3n) is 10.1. The van der Waals surface area contributed by atoms with Crippen molar-refractivity contribution < 1.29 is 28.6 Å². The number of esters is 3. The lowest BCUT2D eigenvalue weighted by atomic mass is 10.1. The summed E-state index contributed by atoms with van der Waals surface area (Å²) in [5.74, 6) is -0.970. The van der Waals surface area contributed by atoms with E-state index in [1.165, 1.54) is 141 Å². The minimum Gasteiger partial charge on any atom is -0.462 e. The molecule has 0 aromatic heterocycles. The molecule has 0 saturated carbocycles. The highest BCUT2D eigenvalue weighted by atomic mass is 16.6. The van der Waals surface area contributed by atoms with E-state index in [2.05, 4.69) is 57.2 Å². The minimum atomic E-state index is -0.794. The molecule has 1 atom stereocenters. The van der Waals surface area contributed by atoms with Gasteiger partial charge in [-0.2, -0.15) is 0 Å². The van der Waals surface area contributed by atoms with Crippen LogP contribution < -0.4 is 0 Å². The van der Waals surface area contributed by atoms with Gasteiger partial charge in [0.1, 0.15) is 13.2 Å². The Hall–Kier alpha value is -2.37. The lowest BCUT2D eigenvalue weighted by Crippen LogP contribution is -2.30. The lowest BCUT2D eigenvalue weighted by molar-refractivity contribution is -0.167. The molecule has 0 saturated heterocycles. The van der Waals surface area contributed by atoms with Crippen LogP contribution in [0.1, 0.15) is 239 Å². The molecule has 0 aliphatic rings. The van der Waals surface area contributed by atoms with Gasteiger partial charge in [-0.3, -0.25) is 14.4 Å². The van der Waals surface area contributed by atoms with Gasteiger partial charge in [0.25, 0.3) is 0 Å². The number of hydrogen-bond donors (Lipinski definition) is 0. The molecular weight excluding hydrogens is 685 g/mol. The van der Waals surface area contributed by atoms with Crippen molar-refractivity contribution in [3.05, 3.63) is 36.5 Å². The van der Waals surface area contributed by atoms with Crippen molar-refractivity contribution in [2.45, 2.75) is 245 Å². The van der Waals surface area contributed by atoms with Crippen LogP contribution in [0, 0.1) is 0 Å². The van der Waals surface area contributed by atoms with E-state index < -0.39 is 6.10 Å². The zero-order valence-electron chi connectivity index (χ0n) is 36.4. The predicted molar refractivity (Wildman–Crippen MR) is 233 cm³/mol. The van der Waals surface area contributed by atoms with Gasteiger partial charge in [0.15, 0.2) is 6.10 Å². The van der Waals surface area contributed by atoms with Crippen LogP contribution in [0.2, 0.25) is 0 Å². The van der Waals surface area contributed by atoms with Crippen LogP contribution in [0.15, 0.2) is 36.5 Å². The summed E-state index contributed by atoms with van der Waals surface area (Å²) in [6.45, 7) is 6.51. The van der Waals surface area contributed by atoms with E-state index in [0.29, 0.717) is 25.7 Å². The summed E-state index contributed by atoms with van der Waals surface area (Å²) in [6, 6.07) is 0. The molecule has 0 heterocycles. The quantitative estimate of drug-likeness (QED) is 0.0266. The predicted octanol–water partition coefficient (Wildman–Crippen LogP) is 15.0. The molecule has 0 radical (unpaired) electrons. The normalized spacial score (nSPS) is 12.3. The monoisotopic (exact) mass is 773 g/mol. The van der Waals surface area contributed by atoms with Gasteiger partial charge in [0, 0.05) is 19.3 Å². The lowest BCUT2D eigenvalue weighted by Gasteiger charge is -2.18. The number of rotatable bonds is 42. The maximum Gasteiger partial charge on any atom is 0.306 e. The summed E-state index contributed by atoms with van der Waals surface area (Å²) in [5, 5.41) is 0. The van der Waals surface area contributed by atoms with Gasteiger partial charge in [-0.15, -0.1) is 0 Å². The Kier molecular flexibility index (Phi) is 42.4. The van der Waals surface area contributed by atoms with E-state index >= 15 is 0 Å². The van der Waals surface area contributed by atoms with E-state index in [1.54, 1.807) is 0 Å². The van der Waals surface area contributed by atoms with Crippen molar-refractivity contribution in [3.63, 3.8) is 0 Å². The first-order valence-corrected chi connectivity index (χ1v) is 23.5. The van der Waals surface area contributed by atoms with Crippen LogP contribution >= 0.6 is 0 Å². The van der Waals surface area contributed by atoms with E-state index in [4.69, 9.17) is 14.2 Å². The summed E-state index contributed by atoms with van der Waals surface area (Å²) in [6.07, 6.45) is 50.1. The Labute approximate surface area is 340 Å². The van der Waals surface area contributed by atoms with Crippen LogP contribution in [0.4, 0.5) is 0 Å². The second-order valence-electron chi connectivity index (χ2n) is 15.7. The molecule has 0 spiro atoms. The molecule has 0 rings (SSSR count). The number of allylic oxidation sites excluding steroid dienone is 6. The molecule has 0 bridgehead atoms. The number of carbonyl (C=O) groups is 3. The standard InChI is InChI=1S/C49H88O6/c1-4-7-10-13-16-19-20-21-22-23-24-25-26-27-28-31-33-36-39-42-48(51)54-45-46(55-49(52)43-40-37-34-30-18-15-12-9-6-3)44-53-47(50)41-38-35-32-29-17-14-11-8-5-2/h23-24,29-30,32,34,46H,4-22,25-28,31,33,35-45H2,1-3H3/b24-23-,32-29-,34-30-. The van der Waals surface area contributed by atoms with E-state index in [9.17, 15) is 14.4 Å². The Bertz CT molecular complexity index is 938. The maximum atomic E-state index is 12.6. The molecule has 0 fully saturated rings. The molecule has 6 nitrogen and oxygen atoms in total. The highest BCUT2D eigenvalue weighted by Gasteiger charge is 2.19. The number of unbranched alkanes of at least 4 members (excludes halogenated alkanes) is 25. The minimum absolute atomic E-state index is 0.0934. The van der Waals surface area contributed by atoms with E-state index in [-0.39, 0.29) is 37.5 Å². The third kappa shape index (κ3) is 42.6. The Morgan fingerprint density at radius 1 is 0.345 bits per heavy atom. The van der Waals surface area contributed by atoms with Gasteiger partial charge in [0.2, 0.25) is 0 Å². The van der Waals surface area contributed by atoms with Crippen LogP contribution in [0.25, 0.3) is 0 Å². The largest absolute Gasteiger partial charge is 0.462 e. The summed E-state index contributed by atoms with van der Waals surface area (Å²) in [4.78, 5) is 37.6. The first-order valence-electron chi connectivity index (χ1n) is 23.5. The fourth-order valence-electron chi connectivity index (χ4n) is 6.50. The van der Waals surface area contributed by atoms with Crippen molar-refractivity contribution in [2.75, 3.05) is 13.2 Å². The summed E-state index contributed by atoms with van der Waals surface area (Å²) in [5.41, 5.74) is 0. The van der Waals surface area contributed by atoms with Crippen LogP contribution in [-0.2, 0) is 28.6 Å². The van der Waals surface area contributed by atoms with Crippen LogP contribution in [0.3, 0.4) is 0 Å². The Morgan fingerprint density at radius 2 is 0.618 bits per heavy atom. The molecular formula is C49H88O6. The summed E-state index contributed by atoms with van der Waals surface area (Å²) < 4.78 is 16.6. The number of ether oxygens (including phenoxy) is 3. The second-order valence-corrected chi connectivity index (χ2v) is 15.7. The van der Waals surface area contributed by atoms with Gasteiger partial charge in [-0.05, 0) is 83.5 Å². The van der Waals surface area contributed by atoms with E-state index in [0.717, 1.165) is 44.9 Å². The Morgan fingerprint density at radius 3 is 1.00 bits per heavy atom. The second kappa shape index (κ2) is 44.3. The average molecular weight is 773 g/mol. The van der Waals surface area contributed by atoms with Crippen LogP contribution in [0.5, 0.6) is 0 Å². The third-order valence-corrected chi connectivity index (χ3v) is 10.1. The van der Waals surface area contributed by atoms with Crippen LogP contribution in [-0.4, -0.2) is 37.2 Å². The number of carbonyl (C=O) groups excluding carboxylic acids is 3. The molecule has 0 N–H and O–H groups in total. The number of hydrogen-bond acceptors (Lipinski definition) is 6. The van der Waals surface area contributed by atoms with Gasteiger partial charge >= 0.3 is 17.9 Å². The maximum absolute atomic E-state index is 12.6. The summed E-state index contributed by atoms with van der Waals surface area (Å²) in [7, 11) is 0. The molecule has 0 amide bonds. The summed E-state index contributed by atoms with van der Waals surface area (Å²) >= 11 is 0. The van der Waals surface area contributed by atoms with Crippen molar-refractivity contribution >= 4 is 17.9 Å². The highest BCUT2D eigenvalue weighted by molar-refractivity contribution is 5.71. The first kappa shape index (κ1) is 52.6. The van der Waals surface area contributed by atoms with Crippen molar-refractivity contribution in [1.82, 2.24) is 0 Å². The van der Waals surface area contributed by atoms with Gasteiger partial charge in [0.05, 0.1) is 0 Å². The average Bonchev–Trinajstić information content (AvgIpc) is 3.18. The zero-order chi connectivity index (χ0) is 40.1. The Balaban J connectivity index is 4.27. The smallest absolute Gasteiger partial charge is 0.306 e. The molecule has 1 unspecified atom stereocenters. The molecule has 0 aromatic carbocycles. The first-order chi connectivity index (χ1) is 27.0. The molecule has 0 aliphatic carbocycles. The molecule has 320 valence electrons.